The lowest BCUT2D eigenvalue weighted by molar-refractivity contribution is -0.119. The molecular formula is C19H22N4O3S. The molecule has 0 atom stereocenters. The first-order valence-corrected chi connectivity index (χ1v) is 9.42. The normalized spacial score (nSPS) is 10.5. The lowest BCUT2D eigenvalue weighted by Crippen LogP contribution is -2.36. The van der Waals surface area contributed by atoms with Crippen LogP contribution in [0, 0.1) is 0 Å². The van der Waals surface area contributed by atoms with Gasteiger partial charge in [0.05, 0.1) is 18.8 Å². The van der Waals surface area contributed by atoms with E-state index < -0.39 is 5.91 Å². The van der Waals surface area contributed by atoms with Crippen LogP contribution in [0.4, 0.5) is 11.4 Å². The van der Waals surface area contributed by atoms with Crippen LogP contribution in [0.25, 0.3) is 0 Å². The molecule has 0 saturated carbocycles. The molecule has 8 heteroatoms. The number of rotatable bonds is 8. The summed E-state index contributed by atoms with van der Waals surface area (Å²) in [6, 6.07) is 13.8. The molecule has 0 unspecified atom stereocenters. The number of nitrogens with one attached hydrogen (secondary N) is 2. The molecule has 0 radical (unpaired) electrons. The average molecular weight is 386 g/mol. The second kappa shape index (κ2) is 9.75. The molecule has 7 nitrogen and oxygen atoms in total. The Hall–Kier alpha value is -2.84. The molecule has 4 N–H and O–H groups in total. The van der Waals surface area contributed by atoms with Crippen LogP contribution in [0.5, 0.6) is 0 Å². The predicted molar refractivity (Wildman–Crippen MR) is 108 cm³/mol. The first-order chi connectivity index (χ1) is 12.9. The minimum Gasteiger partial charge on any atom is -0.366 e. The van der Waals surface area contributed by atoms with Crippen molar-refractivity contribution >= 4 is 40.9 Å². The van der Waals surface area contributed by atoms with Crippen molar-refractivity contribution in [2.75, 3.05) is 37.0 Å². The standard InChI is InChI=1S/C19H22N4O3S/c1-23(12-18(25)22-15-5-3-4-6-16(15)27-2)11-17(24)21-14-9-7-13(8-10-14)19(20)26/h3-10H,11-12H2,1-2H3,(H2,20,26)(H,21,24)(H,22,25). The van der Waals surface area contributed by atoms with Crippen LogP contribution < -0.4 is 16.4 Å². The molecule has 0 aliphatic carbocycles. The van der Waals surface area contributed by atoms with E-state index >= 15 is 0 Å². The number of benzene rings is 2. The van der Waals surface area contributed by atoms with Gasteiger partial charge in [0.15, 0.2) is 0 Å². The number of carbonyl (C=O) groups is 3. The number of carbonyl (C=O) groups excluding carboxylic acids is 3. The second-order valence-corrected chi connectivity index (χ2v) is 6.76. The van der Waals surface area contributed by atoms with Gasteiger partial charge in [0.2, 0.25) is 17.7 Å². The largest absolute Gasteiger partial charge is 0.366 e. The third-order valence-corrected chi connectivity index (χ3v) is 4.46. The van der Waals surface area contributed by atoms with Gasteiger partial charge in [-0.2, -0.15) is 0 Å². The summed E-state index contributed by atoms with van der Waals surface area (Å²) in [6.45, 7) is 0.131. The van der Waals surface area contributed by atoms with Gasteiger partial charge in [-0.1, -0.05) is 12.1 Å². The topological polar surface area (TPSA) is 105 Å². The zero-order valence-electron chi connectivity index (χ0n) is 15.2. The van der Waals surface area contributed by atoms with E-state index in [1.54, 1.807) is 35.8 Å². The average Bonchev–Trinajstić information content (AvgIpc) is 2.62. The molecule has 142 valence electrons. The zero-order chi connectivity index (χ0) is 19.8. The Morgan fingerprint density at radius 1 is 0.963 bits per heavy atom. The van der Waals surface area contributed by atoms with E-state index in [0.29, 0.717) is 11.3 Å². The molecule has 2 aromatic rings. The summed E-state index contributed by atoms with van der Waals surface area (Å²) >= 11 is 1.55. The van der Waals surface area contributed by atoms with Crippen molar-refractivity contribution in [3.63, 3.8) is 0 Å². The molecule has 2 aromatic carbocycles. The summed E-state index contributed by atoms with van der Waals surface area (Å²) in [6.07, 6.45) is 1.94. The number of anilines is 2. The number of primary amides is 1. The van der Waals surface area contributed by atoms with Crippen LogP contribution in [-0.4, -0.2) is 49.0 Å². The van der Waals surface area contributed by atoms with Gasteiger partial charge in [0.1, 0.15) is 0 Å². The van der Waals surface area contributed by atoms with Gasteiger partial charge in [-0.05, 0) is 49.7 Å². The van der Waals surface area contributed by atoms with Gasteiger partial charge >= 0.3 is 0 Å². The van der Waals surface area contributed by atoms with Crippen LogP contribution in [0.1, 0.15) is 10.4 Å². The molecule has 27 heavy (non-hydrogen) atoms. The van der Waals surface area contributed by atoms with E-state index in [9.17, 15) is 14.4 Å². The summed E-state index contributed by atoms with van der Waals surface area (Å²) in [5.74, 6) is -0.985. The molecule has 0 aliphatic heterocycles. The Bertz CT molecular complexity index is 824. The first kappa shape index (κ1) is 20.5. The summed E-state index contributed by atoms with van der Waals surface area (Å²) in [5, 5.41) is 5.57. The highest BCUT2D eigenvalue weighted by Gasteiger charge is 2.12. The van der Waals surface area contributed by atoms with Crippen molar-refractivity contribution in [2.24, 2.45) is 5.73 Å². The molecular weight excluding hydrogens is 364 g/mol. The molecule has 3 amide bonds. The Kier molecular flexibility index (Phi) is 7.39. The van der Waals surface area contributed by atoms with Gasteiger partial charge < -0.3 is 16.4 Å². The van der Waals surface area contributed by atoms with Gasteiger partial charge in [-0.25, -0.2) is 0 Å². The molecule has 2 rings (SSSR count). The third kappa shape index (κ3) is 6.43. The van der Waals surface area contributed by atoms with Crippen molar-refractivity contribution in [1.82, 2.24) is 4.90 Å². The quantitative estimate of drug-likeness (QED) is 0.602. The summed E-state index contributed by atoms with van der Waals surface area (Å²) in [7, 11) is 1.69. The molecule has 0 aliphatic rings. The first-order valence-electron chi connectivity index (χ1n) is 8.20. The molecule has 0 fully saturated rings. The number of hydrogen-bond acceptors (Lipinski definition) is 5. The molecule has 0 heterocycles. The maximum Gasteiger partial charge on any atom is 0.248 e. The fourth-order valence-electron chi connectivity index (χ4n) is 2.40. The van der Waals surface area contributed by atoms with E-state index in [0.717, 1.165) is 10.6 Å². The Morgan fingerprint density at radius 2 is 1.56 bits per heavy atom. The fraction of sp³-hybridized carbons (Fsp3) is 0.211. The Morgan fingerprint density at radius 3 is 2.15 bits per heavy atom. The lowest BCUT2D eigenvalue weighted by atomic mass is 10.2. The Labute approximate surface area is 162 Å². The molecule has 0 bridgehead atoms. The zero-order valence-corrected chi connectivity index (χ0v) is 16.0. The third-order valence-electron chi connectivity index (χ3n) is 3.66. The maximum absolute atomic E-state index is 12.2. The van der Waals surface area contributed by atoms with Crippen LogP contribution in [-0.2, 0) is 9.59 Å². The highest BCUT2D eigenvalue weighted by Crippen LogP contribution is 2.24. The van der Waals surface area contributed by atoms with E-state index in [4.69, 9.17) is 5.73 Å². The SMILES string of the molecule is CSc1ccccc1NC(=O)CN(C)CC(=O)Nc1ccc(C(N)=O)cc1. The smallest absolute Gasteiger partial charge is 0.248 e. The minimum atomic E-state index is -0.526. The lowest BCUT2D eigenvalue weighted by Gasteiger charge is -2.17. The second-order valence-electron chi connectivity index (χ2n) is 5.91. The van der Waals surface area contributed by atoms with Crippen molar-refractivity contribution < 1.29 is 14.4 Å². The van der Waals surface area contributed by atoms with E-state index in [2.05, 4.69) is 10.6 Å². The maximum atomic E-state index is 12.2. The minimum absolute atomic E-state index is 0.0508. The van der Waals surface area contributed by atoms with Crippen molar-refractivity contribution in [2.45, 2.75) is 4.90 Å². The molecule has 0 aromatic heterocycles. The fourth-order valence-corrected chi connectivity index (χ4v) is 2.96. The van der Waals surface area contributed by atoms with E-state index in [1.165, 1.54) is 12.1 Å². The van der Waals surface area contributed by atoms with Crippen LogP contribution >= 0.6 is 11.8 Å². The van der Waals surface area contributed by atoms with Crippen molar-refractivity contribution in [1.29, 1.82) is 0 Å². The summed E-state index contributed by atoms with van der Waals surface area (Å²) in [5.41, 5.74) is 6.85. The van der Waals surface area contributed by atoms with Crippen LogP contribution in [0.2, 0.25) is 0 Å². The van der Waals surface area contributed by atoms with Crippen molar-refractivity contribution in [3.05, 3.63) is 54.1 Å². The van der Waals surface area contributed by atoms with Gasteiger partial charge in [0.25, 0.3) is 0 Å². The van der Waals surface area contributed by atoms with Crippen molar-refractivity contribution in [3.8, 4) is 0 Å². The van der Waals surface area contributed by atoms with Gasteiger partial charge in [0, 0.05) is 16.1 Å². The number of nitrogens with zero attached hydrogens (tertiary/aromatic N) is 1. The highest BCUT2D eigenvalue weighted by atomic mass is 32.2. The highest BCUT2D eigenvalue weighted by molar-refractivity contribution is 7.98. The summed E-state index contributed by atoms with van der Waals surface area (Å²) < 4.78 is 0. The number of amides is 3. The van der Waals surface area contributed by atoms with Crippen LogP contribution in [0.3, 0.4) is 0 Å². The number of hydrogen-bond donors (Lipinski definition) is 3. The number of nitrogens with two attached hydrogens (primary N) is 1. The van der Waals surface area contributed by atoms with Gasteiger partial charge in [-0.3, -0.25) is 19.3 Å². The number of para-hydroxylation sites is 1. The number of thioether (sulfide) groups is 1. The van der Waals surface area contributed by atoms with E-state index in [-0.39, 0.29) is 24.9 Å². The molecule has 0 spiro atoms. The van der Waals surface area contributed by atoms with E-state index in [1.807, 2.05) is 30.5 Å². The van der Waals surface area contributed by atoms with Gasteiger partial charge in [-0.15, -0.1) is 11.8 Å². The predicted octanol–water partition coefficient (Wildman–Crippen LogP) is 2.02. The number of likely N-dealkylation sites (N-methyl/N-ethyl adjacent to an activating group) is 1. The monoisotopic (exact) mass is 386 g/mol. The molecule has 0 saturated heterocycles. The summed E-state index contributed by atoms with van der Waals surface area (Å²) in [4.78, 5) is 37.9. The Balaban J connectivity index is 1.83. The van der Waals surface area contributed by atoms with Crippen LogP contribution in [0.15, 0.2) is 53.4 Å².